The molecule has 84 valence electrons. The van der Waals surface area contributed by atoms with Crippen LogP contribution in [0.4, 0.5) is 0 Å². The van der Waals surface area contributed by atoms with Crippen molar-refractivity contribution >= 4 is 5.91 Å². The highest BCUT2D eigenvalue weighted by molar-refractivity contribution is 5.78. The zero-order chi connectivity index (χ0) is 12.0. The van der Waals surface area contributed by atoms with Crippen molar-refractivity contribution in [2.24, 2.45) is 0 Å². The molecule has 0 atom stereocenters. The third kappa shape index (κ3) is 3.35. The van der Waals surface area contributed by atoms with Crippen LogP contribution in [0, 0.1) is 18.3 Å². The predicted molar refractivity (Wildman–Crippen MR) is 60.5 cm³/mol. The lowest BCUT2D eigenvalue weighted by molar-refractivity contribution is -0.129. The molecule has 1 aromatic heterocycles. The van der Waals surface area contributed by atoms with Gasteiger partial charge in [-0.25, -0.2) is 0 Å². The molecule has 0 aromatic carbocycles. The third-order valence-corrected chi connectivity index (χ3v) is 2.32. The van der Waals surface area contributed by atoms with Crippen molar-refractivity contribution in [1.29, 1.82) is 5.26 Å². The Morgan fingerprint density at radius 3 is 2.81 bits per heavy atom. The van der Waals surface area contributed by atoms with Crippen molar-refractivity contribution in [2.75, 3.05) is 13.1 Å². The molecule has 1 aromatic rings. The van der Waals surface area contributed by atoms with E-state index in [9.17, 15) is 4.79 Å². The molecule has 0 saturated carbocycles. The van der Waals surface area contributed by atoms with Gasteiger partial charge in [0.1, 0.15) is 6.54 Å². The number of carbonyl (C=O) groups is 1. The number of carbonyl (C=O) groups excluding carboxylic acids is 1. The van der Waals surface area contributed by atoms with E-state index in [1.807, 2.05) is 32.0 Å². The number of hydrogen-bond donors (Lipinski definition) is 0. The quantitative estimate of drug-likeness (QED) is 0.714. The van der Waals surface area contributed by atoms with Crippen LogP contribution in [0.15, 0.2) is 18.3 Å². The van der Waals surface area contributed by atoms with Crippen molar-refractivity contribution in [2.45, 2.75) is 20.3 Å². The molecule has 0 aliphatic rings. The molecular formula is C12H15N3O. The smallest absolute Gasteiger partial charge is 0.227 e. The van der Waals surface area contributed by atoms with Crippen LogP contribution in [-0.2, 0) is 11.2 Å². The molecule has 0 saturated heterocycles. The molecule has 0 radical (unpaired) electrons. The number of nitrogens with zero attached hydrogens (tertiary/aromatic N) is 3. The Labute approximate surface area is 95.5 Å². The first-order valence-electron chi connectivity index (χ1n) is 5.23. The first kappa shape index (κ1) is 12.2. The van der Waals surface area contributed by atoms with Gasteiger partial charge in [-0.15, -0.1) is 0 Å². The van der Waals surface area contributed by atoms with Crippen LogP contribution in [0.25, 0.3) is 0 Å². The fourth-order valence-electron chi connectivity index (χ4n) is 1.35. The standard InChI is InChI=1S/C12H15N3O/c1-3-15(7-6-13)12(16)8-11-5-4-10(2)14-9-11/h4-5,9H,3,7-8H2,1-2H3. The lowest BCUT2D eigenvalue weighted by Gasteiger charge is -2.16. The van der Waals surface area contributed by atoms with Crippen molar-refractivity contribution in [3.8, 4) is 6.07 Å². The average molecular weight is 217 g/mol. The third-order valence-electron chi connectivity index (χ3n) is 2.32. The van der Waals surface area contributed by atoms with Gasteiger partial charge in [0.2, 0.25) is 5.91 Å². The maximum absolute atomic E-state index is 11.8. The van der Waals surface area contributed by atoms with Gasteiger partial charge in [-0.05, 0) is 25.5 Å². The van der Waals surface area contributed by atoms with Crippen molar-refractivity contribution in [1.82, 2.24) is 9.88 Å². The SMILES string of the molecule is CCN(CC#N)C(=O)Cc1ccc(C)nc1. The summed E-state index contributed by atoms with van der Waals surface area (Å²) in [5, 5.41) is 8.56. The number of pyridine rings is 1. The average Bonchev–Trinajstić information content (AvgIpc) is 2.29. The van der Waals surface area contributed by atoms with E-state index < -0.39 is 0 Å². The Bertz CT molecular complexity index is 392. The van der Waals surface area contributed by atoms with Crippen molar-refractivity contribution in [3.05, 3.63) is 29.6 Å². The van der Waals surface area contributed by atoms with Crippen LogP contribution in [0.1, 0.15) is 18.2 Å². The zero-order valence-electron chi connectivity index (χ0n) is 9.60. The van der Waals surface area contributed by atoms with E-state index in [1.54, 1.807) is 6.20 Å². The van der Waals surface area contributed by atoms with Crippen molar-refractivity contribution < 1.29 is 4.79 Å². The first-order chi connectivity index (χ1) is 7.67. The van der Waals surface area contributed by atoms with Gasteiger partial charge >= 0.3 is 0 Å². The maximum atomic E-state index is 11.8. The number of hydrogen-bond acceptors (Lipinski definition) is 3. The Hall–Kier alpha value is -1.89. The summed E-state index contributed by atoms with van der Waals surface area (Å²) in [5.41, 5.74) is 1.81. The molecule has 0 fully saturated rings. The predicted octanol–water partition coefficient (Wildman–Crippen LogP) is 1.30. The van der Waals surface area contributed by atoms with E-state index in [1.165, 1.54) is 4.90 Å². The Kier molecular flexibility index (Phi) is 4.46. The zero-order valence-corrected chi connectivity index (χ0v) is 9.60. The second kappa shape index (κ2) is 5.86. The normalized spacial score (nSPS) is 9.56. The van der Waals surface area contributed by atoms with E-state index in [4.69, 9.17) is 5.26 Å². The summed E-state index contributed by atoms with van der Waals surface area (Å²) in [5.74, 6) is -0.0327. The highest BCUT2D eigenvalue weighted by Crippen LogP contribution is 2.03. The van der Waals surface area contributed by atoms with E-state index in [0.717, 1.165) is 11.3 Å². The molecule has 0 bridgehead atoms. The largest absolute Gasteiger partial charge is 0.329 e. The van der Waals surface area contributed by atoms with Gasteiger partial charge < -0.3 is 4.90 Å². The van der Waals surface area contributed by atoms with E-state index >= 15 is 0 Å². The van der Waals surface area contributed by atoms with E-state index in [2.05, 4.69) is 4.98 Å². The van der Waals surface area contributed by atoms with Gasteiger partial charge in [0, 0.05) is 18.4 Å². The van der Waals surface area contributed by atoms with Gasteiger partial charge in [-0.1, -0.05) is 6.07 Å². The van der Waals surface area contributed by atoms with Crippen LogP contribution < -0.4 is 0 Å². The molecule has 4 nitrogen and oxygen atoms in total. The fourth-order valence-corrected chi connectivity index (χ4v) is 1.35. The molecule has 0 aliphatic heterocycles. The molecule has 4 heteroatoms. The summed E-state index contributed by atoms with van der Waals surface area (Å²) in [6.45, 7) is 4.47. The number of rotatable bonds is 4. The van der Waals surface area contributed by atoms with Gasteiger partial charge in [0.15, 0.2) is 0 Å². The molecule has 0 unspecified atom stereocenters. The monoisotopic (exact) mass is 217 g/mol. The van der Waals surface area contributed by atoms with Gasteiger partial charge in [0.05, 0.1) is 12.5 Å². The van der Waals surface area contributed by atoms with E-state index in [-0.39, 0.29) is 12.5 Å². The summed E-state index contributed by atoms with van der Waals surface area (Å²) in [6.07, 6.45) is 2.01. The number of aromatic nitrogens is 1. The fraction of sp³-hybridized carbons (Fsp3) is 0.417. The maximum Gasteiger partial charge on any atom is 0.227 e. The minimum absolute atomic E-state index is 0.0327. The molecule has 0 spiro atoms. The molecule has 1 amide bonds. The Balaban J connectivity index is 2.63. The number of aryl methyl sites for hydroxylation is 1. The molecule has 16 heavy (non-hydrogen) atoms. The second-order valence-corrected chi connectivity index (χ2v) is 3.55. The highest BCUT2D eigenvalue weighted by Gasteiger charge is 2.11. The van der Waals surface area contributed by atoms with Crippen LogP contribution in [0.3, 0.4) is 0 Å². The van der Waals surface area contributed by atoms with Gasteiger partial charge in [-0.2, -0.15) is 5.26 Å². The molecule has 0 N–H and O–H groups in total. The lowest BCUT2D eigenvalue weighted by atomic mass is 10.2. The summed E-state index contributed by atoms with van der Waals surface area (Å²) < 4.78 is 0. The van der Waals surface area contributed by atoms with Crippen LogP contribution in [0.5, 0.6) is 0 Å². The van der Waals surface area contributed by atoms with Crippen LogP contribution >= 0.6 is 0 Å². The van der Waals surface area contributed by atoms with Crippen LogP contribution in [0.2, 0.25) is 0 Å². The minimum atomic E-state index is -0.0327. The first-order valence-corrected chi connectivity index (χ1v) is 5.23. The number of amides is 1. The summed E-state index contributed by atoms with van der Waals surface area (Å²) in [6, 6.07) is 5.75. The Morgan fingerprint density at radius 1 is 1.56 bits per heavy atom. The number of nitriles is 1. The summed E-state index contributed by atoms with van der Waals surface area (Å²) in [4.78, 5) is 17.4. The molecule has 1 heterocycles. The number of likely N-dealkylation sites (N-methyl/N-ethyl adjacent to an activating group) is 1. The minimum Gasteiger partial charge on any atom is -0.329 e. The molecule has 0 aliphatic carbocycles. The van der Waals surface area contributed by atoms with E-state index in [0.29, 0.717) is 13.0 Å². The molecular weight excluding hydrogens is 202 g/mol. The van der Waals surface area contributed by atoms with Crippen molar-refractivity contribution in [3.63, 3.8) is 0 Å². The highest BCUT2D eigenvalue weighted by atomic mass is 16.2. The summed E-state index contributed by atoms with van der Waals surface area (Å²) in [7, 11) is 0. The molecule has 1 rings (SSSR count). The lowest BCUT2D eigenvalue weighted by Crippen LogP contribution is -2.32. The topological polar surface area (TPSA) is 57.0 Å². The van der Waals surface area contributed by atoms with Crippen LogP contribution in [-0.4, -0.2) is 28.9 Å². The van der Waals surface area contributed by atoms with Gasteiger partial charge in [-0.3, -0.25) is 9.78 Å². The second-order valence-electron chi connectivity index (χ2n) is 3.55. The summed E-state index contributed by atoms with van der Waals surface area (Å²) >= 11 is 0. The van der Waals surface area contributed by atoms with Gasteiger partial charge in [0.25, 0.3) is 0 Å². The Morgan fingerprint density at radius 2 is 2.31 bits per heavy atom.